The van der Waals surface area contributed by atoms with Gasteiger partial charge in [-0.05, 0) is 156 Å². The van der Waals surface area contributed by atoms with Crippen LogP contribution >= 0.6 is 0 Å². The third-order valence-corrected chi connectivity index (χ3v) is 16.8. The number of anilines is 1. The highest BCUT2D eigenvalue weighted by molar-refractivity contribution is 5.95. The zero-order valence-electron chi connectivity index (χ0n) is 68.3. The Balaban J connectivity index is 0. The number of hydrogen-bond acceptors (Lipinski definition) is 20. The van der Waals surface area contributed by atoms with Crippen molar-refractivity contribution in [1.29, 1.82) is 0 Å². The summed E-state index contributed by atoms with van der Waals surface area (Å²) in [6, 6.07) is 41.8. The monoisotopic (exact) mass is 1510 g/mol. The molecule has 3 atom stereocenters. The number of carbonyl (C=O) groups excluding carboxylic acids is 9. The number of hydrogen-bond donors (Lipinski definition) is 2. The van der Waals surface area contributed by atoms with Gasteiger partial charge in [-0.15, -0.1) is 0 Å². The molecule has 3 N–H and O–H groups in total. The van der Waals surface area contributed by atoms with Gasteiger partial charge in [0.1, 0.15) is 30.6 Å². The summed E-state index contributed by atoms with van der Waals surface area (Å²) in [5.74, 6) is -1.16. The molecular weight excluding hydrogens is 1390 g/mol. The number of unbranched alkanes of at least 4 members (excludes halogenated alkanes) is 5. The highest BCUT2D eigenvalue weighted by atomic mass is 16.6. The van der Waals surface area contributed by atoms with Gasteiger partial charge >= 0.3 is 53.7 Å². The van der Waals surface area contributed by atoms with Crippen LogP contribution in [0.1, 0.15) is 231 Å². The summed E-state index contributed by atoms with van der Waals surface area (Å²) in [6.45, 7) is 31.8. The molecule has 20 nitrogen and oxygen atoms in total. The van der Waals surface area contributed by atoms with Gasteiger partial charge in [-0.1, -0.05) is 213 Å². The van der Waals surface area contributed by atoms with Gasteiger partial charge in [0.15, 0.2) is 0 Å². The topological polar surface area (TPSA) is 283 Å². The smallest absolute Gasteiger partial charge is 0.341 e. The largest absolute Gasteiger partial charge is 0.507 e. The molecule has 7 rings (SSSR count). The summed E-state index contributed by atoms with van der Waals surface area (Å²) in [5.41, 5.74) is 12.7. The van der Waals surface area contributed by atoms with Crippen molar-refractivity contribution in [2.75, 3.05) is 53.5 Å². The first-order valence-corrected chi connectivity index (χ1v) is 37.4. The quantitative estimate of drug-likeness (QED) is 0.0123. The average Bonchev–Trinajstić information content (AvgIpc) is 1.56. The summed E-state index contributed by atoms with van der Waals surface area (Å²) in [4.78, 5) is 97.0. The Hall–Kier alpha value is -10.1. The van der Waals surface area contributed by atoms with Gasteiger partial charge in [0.2, 0.25) is 0 Å². The van der Waals surface area contributed by atoms with E-state index in [1.807, 2.05) is 118 Å². The molecule has 0 spiro atoms. The Morgan fingerprint density at radius 1 is 0.532 bits per heavy atom. The molecule has 0 amide bonds. The van der Waals surface area contributed by atoms with Gasteiger partial charge in [0.25, 0.3) is 0 Å². The van der Waals surface area contributed by atoms with Crippen molar-refractivity contribution in [2.24, 2.45) is 22.7 Å². The molecule has 2 aliphatic carbocycles. The zero-order valence-corrected chi connectivity index (χ0v) is 68.3. The molecule has 0 saturated heterocycles. The third-order valence-electron chi connectivity index (χ3n) is 16.8. The van der Waals surface area contributed by atoms with E-state index in [0.29, 0.717) is 68.5 Å². The van der Waals surface area contributed by atoms with Crippen molar-refractivity contribution >= 4 is 71.6 Å². The van der Waals surface area contributed by atoms with Gasteiger partial charge < -0.3 is 53.5 Å². The third kappa shape index (κ3) is 50.2. The Morgan fingerprint density at radius 2 is 1.04 bits per heavy atom. The minimum Gasteiger partial charge on any atom is -0.507 e. The number of aromatic hydroxyl groups is 1. The van der Waals surface area contributed by atoms with E-state index in [-0.39, 0.29) is 64.6 Å². The number of carbonyl (C=O) groups is 9. The van der Waals surface area contributed by atoms with Crippen LogP contribution in [0, 0.1) is 22.7 Å². The van der Waals surface area contributed by atoms with Gasteiger partial charge in [-0.3, -0.25) is 24.0 Å². The van der Waals surface area contributed by atoms with E-state index in [2.05, 4.69) is 75.7 Å². The second kappa shape index (κ2) is 61.9. The molecule has 602 valence electrons. The lowest BCUT2D eigenvalue weighted by atomic mass is 9.70. The van der Waals surface area contributed by atoms with E-state index < -0.39 is 11.9 Å². The molecule has 5 aromatic carbocycles. The number of nitrogens with two attached hydrogens (primary N) is 1. The molecule has 2 fully saturated rings. The summed E-state index contributed by atoms with van der Waals surface area (Å²) in [6.07, 6.45) is 25.3. The fourth-order valence-electron chi connectivity index (χ4n) is 10.4. The predicted molar refractivity (Wildman–Crippen MR) is 432 cm³/mol. The fraction of sp³-hybridized carbons (Fsp3) is 0.472. The number of para-hydroxylation sites is 2. The Morgan fingerprint density at radius 3 is 1.50 bits per heavy atom. The molecular formula is C89H127NO19. The van der Waals surface area contributed by atoms with Crippen LogP contribution in [0.2, 0.25) is 0 Å². The van der Waals surface area contributed by atoms with Crippen LogP contribution in [0.25, 0.3) is 12.2 Å². The van der Waals surface area contributed by atoms with Crippen molar-refractivity contribution in [3.05, 3.63) is 203 Å². The summed E-state index contributed by atoms with van der Waals surface area (Å²) >= 11 is 0. The van der Waals surface area contributed by atoms with Crippen LogP contribution in [-0.2, 0) is 82.8 Å². The van der Waals surface area contributed by atoms with Gasteiger partial charge in [-0.2, -0.15) is 0 Å². The van der Waals surface area contributed by atoms with Crippen molar-refractivity contribution in [3.63, 3.8) is 0 Å². The van der Waals surface area contributed by atoms with Crippen LogP contribution in [0.15, 0.2) is 175 Å². The summed E-state index contributed by atoms with van der Waals surface area (Å²) in [7, 11) is 3.96. The highest BCUT2D eigenvalue weighted by Gasteiger charge is 2.62. The molecule has 2 aliphatic rings. The van der Waals surface area contributed by atoms with Crippen LogP contribution in [-0.4, -0.2) is 113 Å². The minimum atomic E-state index is -0.525. The van der Waals surface area contributed by atoms with E-state index in [1.54, 1.807) is 55.5 Å². The lowest BCUT2D eigenvalue weighted by Gasteiger charge is -2.38. The maximum absolute atomic E-state index is 11.0. The number of rotatable bonds is 27. The fourth-order valence-corrected chi connectivity index (χ4v) is 10.4. The van der Waals surface area contributed by atoms with E-state index in [1.165, 1.54) is 110 Å². The molecule has 3 unspecified atom stereocenters. The first-order chi connectivity index (χ1) is 51.8. The predicted octanol–water partition coefficient (Wildman–Crippen LogP) is 19.4. The Labute approximate surface area is 650 Å². The van der Waals surface area contributed by atoms with Crippen LogP contribution in [0.5, 0.6) is 5.75 Å². The second-order valence-corrected chi connectivity index (χ2v) is 26.6. The zero-order chi connectivity index (χ0) is 82.4. The van der Waals surface area contributed by atoms with Crippen molar-refractivity contribution in [3.8, 4) is 5.75 Å². The Kier molecular flexibility index (Phi) is 57.3. The number of benzene rings is 5. The lowest BCUT2D eigenvalue weighted by Crippen LogP contribution is -2.37. The maximum atomic E-state index is 11.0. The number of esters is 9. The average molecular weight is 1510 g/mol. The standard InChI is InChI=1S/2C12H20O2.C11H12O2.C10H10O2.C10H20O2.C9H10O2.C9H18O2.C8H9NO2.C8H8O3/c1-8(13)14-10-7-9-5-6-12(10,4)11(9,2)3;1-10(2)6-5-7-11(3)8-9-14-12(4)13;1-2-13-11(12)9-8-10-6-4-3-5-7-10;1-12-10(11)8-7-9-5-3-2-4-6-9;1-4-5-6-7-12-10(11)8-9(2)3;1-8(10)11-7-9-5-3-2-4-6-9;1-3-5-6-7-8-9(10)11-4-2;2*1-11-8(10)6-4-2-3-5-7(6)9/h9-10H,5-7H2,1-4H3;6,8H,5,7,9H2,1-4H3;3-9H,2H2,1H3;2-8H,1H3;9H,4-8H2,1-3H3;2-6H,7H2,1H3;3-8H2,1-2H3;2-5H,9H2,1H3;2-5,9H,1H3/b;11-8+;9-8+;8-7+;;;;;. The Bertz CT molecular complexity index is 3420. The number of nitrogen functional groups attached to an aromatic ring is 1. The molecule has 5 aromatic rings. The number of phenolic OH excluding ortho intramolecular Hbond substituents is 1. The lowest BCUT2D eigenvalue weighted by molar-refractivity contribution is -0.154. The number of methoxy groups -OCH3 is 3. The van der Waals surface area contributed by atoms with E-state index in [9.17, 15) is 43.2 Å². The number of fused-ring (bicyclic) bond motifs is 2. The molecule has 2 bridgehead atoms. The van der Waals surface area contributed by atoms with Gasteiger partial charge in [-0.25, -0.2) is 19.2 Å². The van der Waals surface area contributed by atoms with E-state index >= 15 is 0 Å². The van der Waals surface area contributed by atoms with Crippen molar-refractivity contribution in [2.45, 2.75) is 206 Å². The van der Waals surface area contributed by atoms with Crippen LogP contribution in [0.3, 0.4) is 0 Å². The number of allylic oxidation sites excluding steroid dienone is 3. The van der Waals surface area contributed by atoms with Crippen molar-refractivity contribution < 1.29 is 90.9 Å². The normalized spacial score (nSPS) is 14.3. The molecule has 0 heterocycles. The molecule has 0 aliphatic heterocycles. The van der Waals surface area contributed by atoms with Crippen LogP contribution < -0.4 is 5.73 Å². The summed E-state index contributed by atoms with van der Waals surface area (Å²) < 4.78 is 42.9. The summed E-state index contributed by atoms with van der Waals surface area (Å²) in [5, 5.41) is 9.11. The molecule has 109 heavy (non-hydrogen) atoms. The maximum Gasteiger partial charge on any atom is 0.341 e. The SMILES string of the molecule is CC(=O)OC/C=C(\C)CCC=C(C)C.CC(=O)OC1CC2CCC1(C)C2(C)C.CC(=O)OCc1ccccc1.CCCCCCC(=O)OCC.CCCCCOC(=O)CC(C)C.CCOC(=O)/C=C/c1ccccc1.COC(=O)/C=C/c1ccccc1.COC(=O)c1ccccc1N.COC(=O)c1ccccc1O. The van der Waals surface area contributed by atoms with Crippen molar-refractivity contribution in [1.82, 2.24) is 0 Å². The molecule has 20 heteroatoms. The number of ether oxygens (including phenoxy) is 9. The number of phenols is 1. The second-order valence-electron chi connectivity index (χ2n) is 26.6. The minimum absolute atomic E-state index is 0.0522. The van der Waals surface area contributed by atoms with Crippen LogP contribution in [0.4, 0.5) is 5.69 Å². The van der Waals surface area contributed by atoms with Gasteiger partial charge in [0.05, 0.1) is 46.7 Å². The molecule has 2 saturated carbocycles. The highest BCUT2D eigenvalue weighted by Crippen LogP contribution is 2.66. The molecule has 0 radical (unpaired) electrons. The first kappa shape index (κ1) is 101. The van der Waals surface area contributed by atoms with E-state index in [0.717, 1.165) is 67.6 Å². The first-order valence-electron chi connectivity index (χ1n) is 37.4. The van der Waals surface area contributed by atoms with E-state index in [4.69, 9.17) is 39.3 Å². The van der Waals surface area contributed by atoms with Gasteiger partial charge in [0, 0.05) is 56.9 Å². The molecule has 0 aromatic heterocycles.